The van der Waals surface area contributed by atoms with Crippen molar-refractivity contribution in [3.8, 4) is 6.01 Å². The van der Waals surface area contributed by atoms with Gasteiger partial charge >= 0.3 is 12.1 Å². The van der Waals surface area contributed by atoms with Crippen molar-refractivity contribution in [1.82, 2.24) is 14.9 Å². The lowest BCUT2D eigenvalue weighted by atomic mass is 10.1. The van der Waals surface area contributed by atoms with Gasteiger partial charge in [0.1, 0.15) is 19.0 Å². The number of benzene rings is 1. The van der Waals surface area contributed by atoms with Crippen molar-refractivity contribution in [2.45, 2.75) is 19.8 Å². The number of carbonyl (C=O) groups excluding carboxylic acids is 1. The van der Waals surface area contributed by atoms with E-state index in [4.69, 9.17) is 14.2 Å². The van der Waals surface area contributed by atoms with Gasteiger partial charge in [-0.1, -0.05) is 17.7 Å². The highest BCUT2D eigenvalue weighted by Crippen LogP contribution is 2.25. The maximum atomic E-state index is 11.6. The van der Waals surface area contributed by atoms with Crippen molar-refractivity contribution in [1.29, 1.82) is 0 Å². The highest BCUT2D eigenvalue weighted by Gasteiger charge is 2.22. The lowest BCUT2D eigenvalue weighted by Gasteiger charge is -2.28. The van der Waals surface area contributed by atoms with Crippen molar-refractivity contribution in [2.75, 3.05) is 62.9 Å². The van der Waals surface area contributed by atoms with Crippen molar-refractivity contribution in [2.24, 2.45) is 5.10 Å². The average Bonchev–Trinajstić information content (AvgIpc) is 3.43. The zero-order valence-corrected chi connectivity index (χ0v) is 18.7. The molecular formula is C23H28N6O4. The maximum absolute atomic E-state index is 11.6. The van der Waals surface area contributed by atoms with E-state index in [9.17, 15) is 4.79 Å². The Labute approximate surface area is 192 Å². The Hall–Kier alpha value is -3.40. The Balaban J connectivity index is 1.33. The molecule has 0 spiro atoms. The standard InChI is InChI=1S/C23H28N6O4/c1-16-2-3-17-4-5-19(18(17)14-16)26-27-20-15-21(28-6-10-31-11-7-28)25-22(24-20)32-12-8-29-9-13-33-23(29)30/h2-3,14-15H,4-13H2,1H3,(H,24,25,27). The quantitative estimate of drug-likeness (QED) is 0.638. The maximum Gasteiger partial charge on any atom is 0.410 e. The first-order chi connectivity index (χ1) is 16.2. The van der Waals surface area contributed by atoms with Crippen LogP contribution < -0.4 is 15.1 Å². The van der Waals surface area contributed by atoms with E-state index in [2.05, 4.69) is 50.5 Å². The Morgan fingerprint density at radius 2 is 2.00 bits per heavy atom. The predicted octanol–water partition coefficient (Wildman–Crippen LogP) is 2.22. The molecule has 3 heterocycles. The number of morpholine rings is 1. The summed E-state index contributed by atoms with van der Waals surface area (Å²) < 4.78 is 16.2. The normalized spacial score (nSPS) is 19.1. The van der Waals surface area contributed by atoms with Crippen LogP contribution in [0.4, 0.5) is 16.4 Å². The molecule has 5 rings (SSSR count). The second kappa shape index (κ2) is 9.62. The number of rotatable bonds is 7. The first-order valence-corrected chi connectivity index (χ1v) is 11.3. The molecule has 0 unspecified atom stereocenters. The van der Waals surface area contributed by atoms with E-state index in [1.807, 2.05) is 6.07 Å². The van der Waals surface area contributed by atoms with E-state index < -0.39 is 0 Å². The first kappa shape index (κ1) is 21.4. The average molecular weight is 453 g/mol. The minimum atomic E-state index is -0.313. The molecule has 2 fully saturated rings. The second-order valence-corrected chi connectivity index (χ2v) is 8.27. The fourth-order valence-corrected chi connectivity index (χ4v) is 4.17. The van der Waals surface area contributed by atoms with Crippen LogP contribution in [0.3, 0.4) is 0 Å². The summed E-state index contributed by atoms with van der Waals surface area (Å²) in [7, 11) is 0. The van der Waals surface area contributed by atoms with E-state index in [0.29, 0.717) is 38.7 Å². The molecule has 10 nitrogen and oxygen atoms in total. The third-order valence-corrected chi connectivity index (χ3v) is 5.98. The molecule has 1 aliphatic carbocycles. The first-order valence-electron chi connectivity index (χ1n) is 11.3. The Kier molecular flexibility index (Phi) is 6.25. The SMILES string of the molecule is Cc1ccc2c(c1)C(=NNc1cc(N3CCOCC3)nc(OCCN3CCOC3=O)n1)CC2. The van der Waals surface area contributed by atoms with Crippen LogP contribution in [0.25, 0.3) is 0 Å². The summed E-state index contributed by atoms with van der Waals surface area (Å²) >= 11 is 0. The number of hydrogen-bond acceptors (Lipinski definition) is 9. The molecule has 1 N–H and O–H groups in total. The molecule has 2 aromatic rings. The van der Waals surface area contributed by atoms with Crippen LogP contribution in [0.1, 0.15) is 23.1 Å². The van der Waals surface area contributed by atoms with Gasteiger partial charge in [-0.3, -0.25) is 5.43 Å². The highest BCUT2D eigenvalue weighted by atomic mass is 16.6. The molecular weight excluding hydrogens is 424 g/mol. The molecule has 10 heteroatoms. The van der Waals surface area contributed by atoms with Crippen LogP contribution in [0.5, 0.6) is 6.01 Å². The number of ether oxygens (including phenoxy) is 3. The third-order valence-electron chi connectivity index (χ3n) is 5.98. The summed E-state index contributed by atoms with van der Waals surface area (Å²) in [5.41, 5.74) is 7.88. The van der Waals surface area contributed by atoms with Crippen molar-refractivity contribution >= 4 is 23.4 Å². The fraction of sp³-hybridized carbons (Fsp3) is 0.478. The van der Waals surface area contributed by atoms with Gasteiger partial charge in [0.15, 0.2) is 5.82 Å². The van der Waals surface area contributed by atoms with E-state index in [1.54, 1.807) is 4.90 Å². The van der Waals surface area contributed by atoms with Crippen LogP contribution >= 0.6 is 0 Å². The minimum absolute atomic E-state index is 0.247. The van der Waals surface area contributed by atoms with Crippen LogP contribution in [0.15, 0.2) is 29.4 Å². The van der Waals surface area contributed by atoms with E-state index in [0.717, 1.165) is 37.5 Å². The van der Waals surface area contributed by atoms with Crippen LogP contribution in [0, 0.1) is 6.92 Å². The molecule has 1 aromatic carbocycles. The number of carbonyl (C=O) groups is 1. The molecule has 1 amide bonds. The van der Waals surface area contributed by atoms with E-state index >= 15 is 0 Å². The minimum Gasteiger partial charge on any atom is -0.461 e. The molecule has 33 heavy (non-hydrogen) atoms. The Bertz CT molecular complexity index is 1050. The van der Waals surface area contributed by atoms with E-state index in [-0.39, 0.29) is 18.7 Å². The van der Waals surface area contributed by atoms with Gasteiger partial charge in [0, 0.05) is 24.7 Å². The molecule has 2 saturated heterocycles. The summed E-state index contributed by atoms with van der Waals surface area (Å²) in [5.74, 6) is 1.32. The lowest BCUT2D eigenvalue weighted by molar-refractivity contribution is 0.122. The zero-order valence-electron chi connectivity index (χ0n) is 18.7. The zero-order chi connectivity index (χ0) is 22.6. The van der Waals surface area contributed by atoms with E-state index in [1.165, 1.54) is 16.7 Å². The van der Waals surface area contributed by atoms with Crippen molar-refractivity contribution in [3.63, 3.8) is 0 Å². The van der Waals surface area contributed by atoms with Crippen molar-refractivity contribution < 1.29 is 19.0 Å². The predicted molar refractivity (Wildman–Crippen MR) is 123 cm³/mol. The number of cyclic esters (lactones) is 1. The Morgan fingerprint density at radius 1 is 1.12 bits per heavy atom. The third kappa shape index (κ3) is 5.00. The van der Waals surface area contributed by atoms with Crippen LogP contribution in [0.2, 0.25) is 0 Å². The smallest absolute Gasteiger partial charge is 0.410 e. The molecule has 174 valence electrons. The van der Waals surface area contributed by atoms with Gasteiger partial charge in [-0.05, 0) is 31.4 Å². The fourth-order valence-electron chi connectivity index (χ4n) is 4.17. The number of aromatic nitrogens is 2. The number of nitrogens with one attached hydrogen (secondary N) is 1. The lowest BCUT2D eigenvalue weighted by Crippen LogP contribution is -2.37. The molecule has 1 aromatic heterocycles. The van der Waals surface area contributed by atoms with Gasteiger partial charge in [0.2, 0.25) is 0 Å². The number of aryl methyl sites for hydroxylation is 2. The molecule has 0 radical (unpaired) electrons. The summed E-state index contributed by atoms with van der Waals surface area (Å²) in [5, 5.41) is 4.66. The van der Waals surface area contributed by atoms with Gasteiger partial charge in [-0.15, -0.1) is 0 Å². The summed E-state index contributed by atoms with van der Waals surface area (Å²) in [6.07, 6.45) is 1.57. The Morgan fingerprint density at radius 3 is 2.82 bits per heavy atom. The number of amides is 1. The largest absolute Gasteiger partial charge is 0.461 e. The van der Waals surface area contributed by atoms with Gasteiger partial charge in [0.25, 0.3) is 0 Å². The van der Waals surface area contributed by atoms with Crippen LogP contribution in [-0.2, 0) is 15.9 Å². The van der Waals surface area contributed by atoms with Crippen LogP contribution in [-0.4, -0.2) is 79.3 Å². The number of hydrogen-bond donors (Lipinski definition) is 1. The monoisotopic (exact) mass is 452 g/mol. The van der Waals surface area contributed by atoms with Gasteiger partial charge in [0.05, 0.1) is 32.0 Å². The number of fused-ring (bicyclic) bond motifs is 1. The number of nitrogens with zero attached hydrogens (tertiary/aromatic N) is 5. The number of hydrazone groups is 1. The molecule has 0 saturated carbocycles. The highest BCUT2D eigenvalue weighted by molar-refractivity contribution is 6.04. The van der Waals surface area contributed by atoms with Gasteiger partial charge < -0.3 is 24.0 Å². The second-order valence-electron chi connectivity index (χ2n) is 8.27. The molecule has 3 aliphatic rings. The topological polar surface area (TPSA) is 101 Å². The summed E-state index contributed by atoms with van der Waals surface area (Å²) in [6.45, 7) is 6.58. The van der Waals surface area contributed by atoms with Crippen molar-refractivity contribution in [3.05, 3.63) is 41.0 Å². The molecule has 0 bridgehead atoms. The summed E-state index contributed by atoms with van der Waals surface area (Å²) in [6, 6.07) is 8.62. The number of anilines is 2. The van der Waals surface area contributed by atoms with Gasteiger partial charge in [-0.2, -0.15) is 15.1 Å². The summed E-state index contributed by atoms with van der Waals surface area (Å²) in [4.78, 5) is 24.5. The molecule has 2 aliphatic heterocycles. The van der Waals surface area contributed by atoms with Gasteiger partial charge in [-0.25, -0.2) is 4.79 Å². The molecule has 0 atom stereocenters.